The van der Waals surface area contributed by atoms with E-state index in [1.54, 1.807) is 37.2 Å². The van der Waals surface area contributed by atoms with Gasteiger partial charge in [-0.05, 0) is 36.4 Å². The van der Waals surface area contributed by atoms with Gasteiger partial charge in [-0.3, -0.25) is 15.0 Å². The highest BCUT2D eigenvalue weighted by Gasteiger charge is 2.12. The van der Waals surface area contributed by atoms with Gasteiger partial charge < -0.3 is 0 Å². The molecule has 0 unspecified atom stereocenters. The van der Waals surface area contributed by atoms with Crippen molar-refractivity contribution in [1.82, 2.24) is 29.9 Å². The average Bonchev–Trinajstić information content (AvgIpc) is 2.70. The van der Waals surface area contributed by atoms with Crippen molar-refractivity contribution in [3.05, 3.63) is 73.6 Å². The fourth-order valence-corrected chi connectivity index (χ4v) is 2.25. The number of rotatable bonds is 3. The van der Waals surface area contributed by atoms with Crippen molar-refractivity contribution in [3.63, 3.8) is 0 Å². The van der Waals surface area contributed by atoms with Crippen LogP contribution >= 0.6 is 0 Å². The van der Waals surface area contributed by atoms with Gasteiger partial charge in [-0.15, -0.1) is 0 Å². The largest absolute Gasteiger partial charge is 0.264 e. The molecule has 24 heavy (non-hydrogen) atoms. The van der Waals surface area contributed by atoms with Gasteiger partial charge in [-0.2, -0.15) is 0 Å². The van der Waals surface area contributed by atoms with Gasteiger partial charge in [0.1, 0.15) is 0 Å². The summed E-state index contributed by atoms with van der Waals surface area (Å²) in [5, 5.41) is 0. The minimum Gasteiger partial charge on any atom is -0.264 e. The van der Waals surface area contributed by atoms with Crippen molar-refractivity contribution < 1.29 is 0 Å². The van der Waals surface area contributed by atoms with Crippen LogP contribution in [0.2, 0.25) is 0 Å². The molecule has 4 aromatic heterocycles. The third-order valence-electron chi connectivity index (χ3n) is 3.39. The summed E-state index contributed by atoms with van der Waals surface area (Å²) < 4.78 is 0. The summed E-state index contributed by atoms with van der Waals surface area (Å²) in [6.45, 7) is 0. The molecule has 4 rings (SSSR count). The van der Waals surface area contributed by atoms with Gasteiger partial charge in [0.25, 0.3) is 0 Å². The Morgan fingerprint density at radius 1 is 0.458 bits per heavy atom. The summed E-state index contributed by atoms with van der Waals surface area (Å²) in [6, 6.07) is 11.3. The lowest BCUT2D eigenvalue weighted by Gasteiger charge is -2.07. The Labute approximate surface area is 138 Å². The van der Waals surface area contributed by atoms with E-state index in [0.29, 0.717) is 17.5 Å². The van der Waals surface area contributed by atoms with E-state index < -0.39 is 0 Å². The second-order valence-electron chi connectivity index (χ2n) is 5.03. The quantitative estimate of drug-likeness (QED) is 0.578. The summed E-state index contributed by atoms with van der Waals surface area (Å²) in [5.74, 6) is 1.70. The van der Waals surface area contributed by atoms with Crippen molar-refractivity contribution in [2.75, 3.05) is 0 Å². The van der Waals surface area contributed by atoms with Gasteiger partial charge in [-0.25, -0.2) is 15.0 Å². The van der Waals surface area contributed by atoms with Gasteiger partial charge in [0.2, 0.25) is 0 Å². The van der Waals surface area contributed by atoms with Crippen LogP contribution in [0.1, 0.15) is 0 Å². The van der Waals surface area contributed by atoms with E-state index in [2.05, 4.69) is 29.9 Å². The number of hydrogen-bond donors (Lipinski definition) is 0. The Hall–Kier alpha value is -3.54. The van der Waals surface area contributed by atoms with Crippen molar-refractivity contribution in [2.24, 2.45) is 0 Å². The van der Waals surface area contributed by atoms with E-state index in [9.17, 15) is 0 Å². The standard InChI is InChI=1S/C18H12N6/c1-4-13(10-19-7-1)16-22-17(14-5-2-8-20-11-14)24-18(23-16)15-6-3-9-21-12-15/h1-12H. The molecule has 0 radical (unpaired) electrons. The molecular formula is C18H12N6. The average molecular weight is 312 g/mol. The predicted octanol–water partition coefficient (Wildman–Crippen LogP) is 3.06. The number of aromatic nitrogens is 6. The van der Waals surface area contributed by atoms with E-state index in [0.717, 1.165) is 16.7 Å². The van der Waals surface area contributed by atoms with Crippen molar-refractivity contribution in [3.8, 4) is 34.2 Å². The molecule has 6 nitrogen and oxygen atoms in total. The molecule has 0 atom stereocenters. The minimum atomic E-state index is 0.566. The van der Waals surface area contributed by atoms with Crippen LogP contribution in [-0.2, 0) is 0 Å². The lowest BCUT2D eigenvalue weighted by atomic mass is 10.2. The number of nitrogens with zero attached hydrogens (tertiary/aromatic N) is 6. The Morgan fingerprint density at radius 3 is 1.04 bits per heavy atom. The molecule has 0 aliphatic rings. The second kappa shape index (κ2) is 6.29. The molecular weight excluding hydrogens is 300 g/mol. The molecule has 0 fully saturated rings. The molecule has 0 saturated heterocycles. The molecule has 0 bridgehead atoms. The van der Waals surface area contributed by atoms with Crippen molar-refractivity contribution in [2.45, 2.75) is 0 Å². The van der Waals surface area contributed by atoms with E-state index in [4.69, 9.17) is 0 Å². The maximum atomic E-state index is 4.58. The Balaban J connectivity index is 1.92. The Bertz CT molecular complexity index is 803. The molecule has 0 aromatic carbocycles. The van der Waals surface area contributed by atoms with Crippen molar-refractivity contribution >= 4 is 0 Å². The first-order chi connectivity index (χ1) is 11.9. The van der Waals surface area contributed by atoms with E-state index in [1.807, 2.05) is 36.4 Å². The maximum Gasteiger partial charge on any atom is 0.165 e. The third-order valence-corrected chi connectivity index (χ3v) is 3.39. The van der Waals surface area contributed by atoms with Gasteiger partial charge in [0.15, 0.2) is 17.5 Å². The van der Waals surface area contributed by atoms with Gasteiger partial charge >= 0.3 is 0 Å². The van der Waals surface area contributed by atoms with Crippen LogP contribution in [0.5, 0.6) is 0 Å². The van der Waals surface area contributed by atoms with Gasteiger partial charge in [0.05, 0.1) is 0 Å². The number of pyridine rings is 3. The normalized spacial score (nSPS) is 10.5. The molecule has 0 aliphatic carbocycles. The fourth-order valence-electron chi connectivity index (χ4n) is 2.25. The zero-order valence-electron chi connectivity index (χ0n) is 12.6. The molecule has 6 heteroatoms. The first-order valence-electron chi connectivity index (χ1n) is 7.37. The lowest BCUT2D eigenvalue weighted by molar-refractivity contribution is 1.06. The molecule has 114 valence electrons. The van der Waals surface area contributed by atoms with Crippen molar-refractivity contribution in [1.29, 1.82) is 0 Å². The molecule has 4 aromatic rings. The lowest BCUT2D eigenvalue weighted by Crippen LogP contribution is -2.00. The SMILES string of the molecule is c1cncc(-c2nc(-c3cccnc3)nc(-c3cccnc3)n2)c1. The molecule has 0 aliphatic heterocycles. The first-order valence-corrected chi connectivity index (χ1v) is 7.37. The predicted molar refractivity (Wildman–Crippen MR) is 89.5 cm³/mol. The smallest absolute Gasteiger partial charge is 0.165 e. The van der Waals surface area contributed by atoms with Crippen LogP contribution in [0, 0.1) is 0 Å². The minimum absolute atomic E-state index is 0.566. The highest BCUT2D eigenvalue weighted by molar-refractivity contribution is 5.64. The molecule has 4 heterocycles. The summed E-state index contributed by atoms with van der Waals surface area (Å²) in [5.41, 5.74) is 2.49. The highest BCUT2D eigenvalue weighted by atomic mass is 15.0. The van der Waals surface area contributed by atoms with Gasteiger partial charge in [0, 0.05) is 53.9 Å². The number of hydrogen-bond acceptors (Lipinski definition) is 6. The summed E-state index contributed by atoms with van der Waals surface area (Å²) in [6.07, 6.45) is 10.3. The summed E-state index contributed by atoms with van der Waals surface area (Å²) in [4.78, 5) is 26.2. The zero-order valence-corrected chi connectivity index (χ0v) is 12.6. The van der Waals surface area contributed by atoms with Crippen LogP contribution < -0.4 is 0 Å². The first kappa shape index (κ1) is 14.1. The van der Waals surface area contributed by atoms with Crippen LogP contribution in [-0.4, -0.2) is 29.9 Å². The monoisotopic (exact) mass is 312 g/mol. The maximum absolute atomic E-state index is 4.58. The van der Waals surface area contributed by atoms with E-state index >= 15 is 0 Å². The topological polar surface area (TPSA) is 77.3 Å². The molecule has 0 spiro atoms. The molecule has 0 amide bonds. The van der Waals surface area contributed by atoms with Gasteiger partial charge in [-0.1, -0.05) is 0 Å². The third kappa shape index (κ3) is 2.85. The second-order valence-corrected chi connectivity index (χ2v) is 5.03. The summed E-state index contributed by atoms with van der Waals surface area (Å²) >= 11 is 0. The highest BCUT2D eigenvalue weighted by Crippen LogP contribution is 2.23. The van der Waals surface area contributed by atoms with Crippen LogP contribution in [0.25, 0.3) is 34.2 Å². The Kier molecular flexibility index (Phi) is 3.69. The Morgan fingerprint density at radius 2 is 0.792 bits per heavy atom. The fraction of sp³-hybridized carbons (Fsp3) is 0. The molecule has 0 N–H and O–H groups in total. The zero-order chi connectivity index (χ0) is 16.2. The van der Waals surface area contributed by atoms with E-state index in [1.165, 1.54) is 0 Å². The van der Waals surface area contributed by atoms with Crippen LogP contribution in [0.15, 0.2) is 73.6 Å². The van der Waals surface area contributed by atoms with Crippen LogP contribution in [0.4, 0.5) is 0 Å². The van der Waals surface area contributed by atoms with Crippen LogP contribution in [0.3, 0.4) is 0 Å². The molecule has 0 saturated carbocycles. The van der Waals surface area contributed by atoms with E-state index in [-0.39, 0.29) is 0 Å². The summed E-state index contributed by atoms with van der Waals surface area (Å²) in [7, 11) is 0.